The number of carbonyl (C=O) groups is 1. The molecule has 1 amide bonds. The summed E-state index contributed by atoms with van der Waals surface area (Å²) in [5.74, 6) is 1.22. The Labute approximate surface area is 106 Å². The minimum Gasteiger partial charge on any atom is -0.384 e. The highest BCUT2D eigenvalue weighted by atomic mass is 32.2. The van der Waals surface area contributed by atoms with Crippen molar-refractivity contribution in [2.24, 2.45) is 0 Å². The van der Waals surface area contributed by atoms with Gasteiger partial charge >= 0.3 is 0 Å². The number of nitrogens with one attached hydrogen (secondary N) is 1. The van der Waals surface area contributed by atoms with E-state index in [1.165, 1.54) is 0 Å². The molecule has 94 valence electrons. The average molecular weight is 253 g/mol. The van der Waals surface area contributed by atoms with Crippen molar-refractivity contribution in [2.75, 3.05) is 17.7 Å². The van der Waals surface area contributed by atoms with Gasteiger partial charge in [0.2, 0.25) is 0 Å². The van der Waals surface area contributed by atoms with Crippen molar-refractivity contribution < 1.29 is 4.79 Å². The third kappa shape index (κ3) is 4.26. The number of pyridine rings is 1. The van der Waals surface area contributed by atoms with Gasteiger partial charge < -0.3 is 11.1 Å². The molecule has 0 aliphatic rings. The van der Waals surface area contributed by atoms with Crippen LogP contribution in [0.3, 0.4) is 0 Å². The summed E-state index contributed by atoms with van der Waals surface area (Å²) in [4.78, 5) is 16.0. The number of anilines is 1. The van der Waals surface area contributed by atoms with Gasteiger partial charge in [0, 0.05) is 23.1 Å². The molecule has 1 heterocycles. The van der Waals surface area contributed by atoms with Crippen molar-refractivity contribution in [1.29, 1.82) is 0 Å². The molecule has 0 aliphatic heterocycles. The summed E-state index contributed by atoms with van der Waals surface area (Å²) in [6.07, 6.45) is 2.95. The van der Waals surface area contributed by atoms with Gasteiger partial charge in [-0.1, -0.05) is 6.92 Å². The van der Waals surface area contributed by atoms with Gasteiger partial charge in [0.25, 0.3) is 5.91 Å². The van der Waals surface area contributed by atoms with Gasteiger partial charge in [-0.2, -0.15) is 11.8 Å². The molecule has 0 spiro atoms. The van der Waals surface area contributed by atoms with E-state index in [9.17, 15) is 4.79 Å². The molecule has 0 saturated carbocycles. The molecule has 17 heavy (non-hydrogen) atoms. The second kappa shape index (κ2) is 6.49. The summed E-state index contributed by atoms with van der Waals surface area (Å²) >= 11 is 1.73. The van der Waals surface area contributed by atoms with Gasteiger partial charge in [-0.05, 0) is 31.7 Å². The zero-order valence-electron chi connectivity index (χ0n) is 10.5. The lowest BCUT2D eigenvalue weighted by Gasteiger charge is -2.15. The Morgan fingerprint density at radius 3 is 2.82 bits per heavy atom. The van der Waals surface area contributed by atoms with Crippen LogP contribution in [0.15, 0.2) is 12.1 Å². The van der Waals surface area contributed by atoms with E-state index >= 15 is 0 Å². The number of hydrogen-bond donors (Lipinski definition) is 2. The molecule has 4 nitrogen and oxygen atoms in total. The number of rotatable bonds is 5. The molecule has 0 radical (unpaired) electrons. The largest absolute Gasteiger partial charge is 0.384 e. The lowest BCUT2D eigenvalue weighted by molar-refractivity contribution is 0.0940. The van der Waals surface area contributed by atoms with Gasteiger partial charge in [-0.3, -0.25) is 4.79 Å². The lowest BCUT2D eigenvalue weighted by Crippen LogP contribution is -2.36. The summed E-state index contributed by atoms with van der Waals surface area (Å²) in [5.41, 5.74) is 6.96. The molecule has 1 atom stereocenters. The molecule has 0 fully saturated rings. The fraction of sp³-hybridized carbons (Fsp3) is 0.500. The third-order valence-electron chi connectivity index (χ3n) is 2.43. The zero-order valence-corrected chi connectivity index (χ0v) is 11.3. The number of nitrogens with zero attached hydrogens (tertiary/aromatic N) is 1. The number of thioether (sulfide) groups is 1. The minimum absolute atomic E-state index is 0.0805. The van der Waals surface area contributed by atoms with E-state index in [1.54, 1.807) is 23.9 Å². The van der Waals surface area contributed by atoms with Gasteiger partial charge in [0.1, 0.15) is 5.82 Å². The van der Waals surface area contributed by atoms with Crippen LogP contribution in [0.5, 0.6) is 0 Å². The Bertz CT molecular complexity index is 375. The van der Waals surface area contributed by atoms with Crippen LogP contribution >= 0.6 is 11.8 Å². The fourth-order valence-electron chi connectivity index (χ4n) is 1.56. The Kier molecular flexibility index (Phi) is 5.28. The second-order valence-corrected chi connectivity index (χ2v) is 4.87. The smallest absolute Gasteiger partial charge is 0.251 e. The molecule has 1 rings (SSSR count). The van der Waals surface area contributed by atoms with Crippen molar-refractivity contribution in [3.63, 3.8) is 0 Å². The van der Waals surface area contributed by atoms with Crippen molar-refractivity contribution in [2.45, 2.75) is 26.3 Å². The quantitative estimate of drug-likeness (QED) is 0.840. The molecular formula is C12H19N3OS. The normalized spacial score (nSPS) is 12.2. The molecule has 1 aromatic rings. The first-order valence-electron chi connectivity index (χ1n) is 5.60. The highest BCUT2D eigenvalue weighted by Gasteiger charge is 2.12. The van der Waals surface area contributed by atoms with E-state index in [1.807, 2.05) is 13.2 Å². The zero-order chi connectivity index (χ0) is 12.8. The van der Waals surface area contributed by atoms with Crippen LogP contribution < -0.4 is 11.1 Å². The maximum absolute atomic E-state index is 12.0. The first-order valence-corrected chi connectivity index (χ1v) is 7.00. The fourth-order valence-corrected chi connectivity index (χ4v) is 2.28. The Balaban J connectivity index is 2.75. The van der Waals surface area contributed by atoms with Crippen LogP contribution in [0.4, 0.5) is 5.82 Å². The topological polar surface area (TPSA) is 68.0 Å². The standard InChI is InChI=1S/C12H19N3OS/c1-4-10(7-17-3)15-12(16)9-5-8(2)14-11(13)6-9/h5-6,10H,4,7H2,1-3H3,(H2,13,14)(H,15,16). The van der Waals surface area contributed by atoms with Crippen LogP contribution in [0.25, 0.3) is 0 Å². The molecule has 1 aromatic heterocycles. The van der Waals surface area contributed by atoms with Crippen LogP contribution in [0.2, 0.25) is 0 Å². The third-order valence-corrected chi connectivity index (χ3v) is 3.17. The van der Waals surface area contributed by atoms with E-state index in [4.69, 9.17) is 5.73 Å². The summed E-state index contributed by atoms with van der Waals surface area (Å²) in [7, 11) is 0. The van der Waals surface area contributed by atoms with Crippen LogP contribution in [0.1, 0.15) is 29.4 Å². The van der Waals surface area contributed by atoms with E-state index in [2.05, 4.69) is 17.2 Å². The molecule has 0 bridgehead atoms. The van der Waals surface area contributed by atoms with Crippen LogP contribution in [-0.4, -0.2) is 28.9 Å². The first-order chi connectivity index (χ1) is 8.06. The van der Waals surface area contributed by atoms with Gasteiger partial charge in [0.05, 0.1) is 0 Å². The molecule has 0 aromatic carbocycles. The predicted octanol–water partition coefficient (Wildman–Crippen LogP) is 1.84. The average Bonchev–Trinajstić information content (AvgIpc) is 2.27. The number of amides is 1. The number of carbonyl (C=O) groups excluding carboxylic acids is 1. The Morgan fingerprint density at radius 1 is 1.59 bits per heavy atom. The summed E-state index contributed by atoms with van der Waals surface area (Å²) in [6.45, 7) is 3.89. The molecule has 0 aliphatic carbocycles. The van der Waals surface area contributed by atoms with Gasteiger partial charge in [-0.25, -0.2) is 4.98 Å². The van der Waals surface area contributed by atoms with Crippen molar-refractivity contribution >= 4 is 23.5 Å². The monoisotopic (exact) mass is 253 g/mol. The molecule has 0 saturated heterocycles. The number of nitrogen functional groups attached to an aromatic ring is 1. The Hall–Kier alpha value is -1.23. The molecule has 1 unspecified atom stereocenters. The predicted molar refractivity (Wildman–Crippen MR) is 73.3 cm³/mol. The highest BCUT2D eigenvalue weighted by molar-refractivity contribution is 7.98. The molecular weight excluding hydrogens is 234 g/mol. The number of aryl methyl sites for hydroxylation is 1. The van der Waals surface area contributed by atoms with Crippen molar-refractivity contribution in [3.05, 3.63) is 23.4 Å². The molecule has 3 N–H and O–H groups in total. The second-order valence-electron chi connectivity index (χ2n) is 3.96. The van der Waals surface area contributed by atoms with Crippen LogP contribution in [0, 0.1) is 6.92 Å². The maximum atomic E-state index is 12.0. The summed E-state index contributed by atoms with van der Waals surface area (Å²) in [5, 5.41) is 3.00. The number of hydrogen-bond acceptors (Lipinski definition) is 4. The number of nitrogens with two attached hydrogens (primary N) is 1. The van der Waals surface area contributed by atoms with Crippen molar-refractivity contribution in [1.82, 2.24) is 10.3 Å². The lowest BCUT2D eigenvalue weighted by atomic mass is 10.2. The SMILES string of the molecule is CCC(CSC)NC(=O)c1cc(C)nc(N)c1. The van der Waals surface area contributed by atoms with E-state index in [-0.39, 0.29) is 11.9 Å². The van der Waals surface area contributed by atoms with Gasteiger partial charge in [0.15, 0.2) is 0 Å². The van der Waals surface area contributed by atoms with Crippen molar-refractivity contribution in [3.8, 4) is 0 Å². The van der Waals surface area contributed by atoms with Gasteiger partial charge in [-0.15, -0.1) is 0 Å². The first kappa shape index (κ1) is 13.8. The van der Waals surface area contributed by atoms with Crippen LogP contribution in [-0.2, 0) is 0 Å². The summed E-state index contributed by atoms with van der Waals surface area (Å²) in [6, 6.07) is 3.55. The highest BCUT2D eigenvalue weighted by Crippen LogP contribution is 2.08. The molecule has 5 heteroatoms. The maximum Gasteiger partial charge on any atom is 0.251 e. The minimum atomic E-state index is -0.0805. The summed E-state index contributed by atoms with van der Waals surface area (Å²) < 4.78 is 0. The van der Waals surface area contributed by atoms with E-state index in [0.717, 1.165) is 17.9 Å². The van der Waals surface area contributed by atoms with E-state index in [0.29, 0.717) is 11.4 Å². The van der Waals surface area contributed by atoms with E-state index < -0.39 is 0 Å². The Morgan fingerprint density at radius 2 is 2.29 bits per heavy atom. The number of aromatic nitrogens is 1.